The van der Waals surface area contributed by atoms with Crippen LogP contribution in [0.15, 0.2) is 24.3 Å². The van der Waals surface area contributed by atoms with Gasteiger partial charge in [0.2, 0.25) is 0 Å². The number of halogens is 1. The van der Waals surface area contributed by atoms with Gasteiger partial charge in [-0.2, -0.15) is 0 Å². The van der Waals surface area contributed by atoms with Gasteiger partial charge in [-0.05, 0) is 58.2 Å². The minimum Gasteiger partial charge on any atom is -0.479 e. The second-order valence-corrected chi connectivity index (χ2v) is 7.40. The molecule has 1 aliphatic carbocycles. The summed E-state index contributed by atoms with van der Waals surface area (Å²) in [5, 5.41) is 10.4. The molecule has 0 radical (unpaired) electrons. The molecule has 0 unspecified atom stereocenters. The second-order valence-electron chi connectivity index (χ2n) is 6.97. The van der Waals surface area contributed by atoms with Crippen LogP contribution in [-0.2, 0) is 15.1 Å². The molecule has 1 aliphatic rings. The Kier molecular flexibility index (Phi) is 4.62. The molecule has 1 amide bonds. The van der Waals surface area contributed by atoms with E-state index in [1.807, 2.05) is 0 Å². The van der Waals surface area contributed by atoms with Gasteiger partial charge in [0, 0.05) is 11.1 Å². The highest BCUT2D eigenvalue weighted by Gasteiger charge is 2.51. The molecule has 1 aromatic carbocycles. The maximum absolute atomic E-state index is 12.6. The lowest BCUT2D eigenvalue weighted by Gasteiger charge is -2.39. The Morgan fingerprint density at radius 3 is 2.09 bits per heavy atom. The predicted molar refractivity (Wildman–Crippen MR) is 87.5 cm³/mol. The van der Waals surface area contributed by atoms with E-state index in [4.69, 9.17) is 16.3 Å². The number of carbonyl (C=O) groups excluding carboxylic acids is 1. The normalized spacial score (nSPS) is 17.3. The van der Waals surface area contributed by atoms with Crippen molar-refractivity contribution >= 4 is 23.7 Å². The Morgan fingerprint density at radius 1 is 1.17 bits per heavy atom. The topological polar surface area (TPSA) is 66.8 Å². The molecule has 2 rings (SSSR count). The molecule has 126 valence electrons. The molecule has 1 aromatic rings. The summed E-state index contributed by atoms with van der Waals surface area (Å²) in [4.78, 5) is 26.1. The van der Waals surface area contributed by atoms with Crippen LogP contribution in [0.3, 0.4) is 0 Å². The van der Waals surface area contributed by atoms with Crippen molar-refractivity contribution in [2.24, 2.45) is 0 Å². The number of carbonyl (C=O) groups is 2. The highest BCUT2D eigenvalue weighted by Crippen LogP contribution is 2.40. The minimum atomic E-state index is -1.51. The van der Waals surface area contributed by atoms with Crippen LogP contribution in [0.4, 0.5) is 4.79 Å². The van der Waals surface area contributed by atoms with Crippen molar-refractivity contribution in [1.82, 2.24) is 4.90 Å². The smallest absolute Gasteiger partial charge is 0.411 e. The zero-order valence-electron chi connectivity index (χ0n) is 13.8. The van der Waals surface area contributed by atoms with Gasteiger partial charge < -0.3 is 9.84 Å². The number of amides is 1. The molecule has 1 N–H and O–H groups in total. The van der Waals surface area contributed by atoms with Gasteiger partial charge in [0.25, 0.3) is 0 Å². The van der Waals surface area contributed by atoms with Crippen LogP contribution in [0.25, 0.3) is 0 Å². The van der Waals surface area contributed by atoms with Gasteiger partial charge in [0.15, 0.2) is 5.54 Å². The fourth-order valence-corrected chi connectivity index (χ4v) is 2.61. The number of carboxylic acid groups (broad SMARTS) is 1. The van der Waals surface area contributed by atoms with Crippen LogP contribution < -0.4 is 0 Å². The fraction of sp³-hybridized carbons (Fsp3) is 0.529. The van der Waals surface area contributed by atoms with Crippen molar-refractivity contribution in [2.45, 2.75) is 57.7 Å². The maximum atomic E-state index is 12.6. The van der Waals surface area contributed by atoms with E-state index in [2.05, 4.69) is 0 Å². The summed E-state index contributed by atoms with van der Waals surface area (Å²) in [7, 11) is 0. The van der Waals surface area contributed by atoms with Crippen molar-refractivity contribution in [2.75, 3.05) is 0 Å². The van der Waals surface area contributed by atoms with Crippen LogP contribution >= 0.6 is 11.6 Å². The number of hydrogen-bond donors (Lipinski definition) is 1. The van der Waals surface area contributed by atoms with E-state index in [-0.39, 0.29) is 6.04 Å². The first-order valence-electron chi connectivity index (χ1n) is 7.57. The van der Waals surface area contributed by atoms with Gasteiger partial charge in [-0.1, -0.05) is 23.7 Å². The molecule has 0 heterocycles. The van der Waals surface area contributed by atoms with Crippen LogP contribution in [0.2, 0.25) is 5.02 Å². The van der Waals surface area contributed by atoms with E-state index in [0.717, 1.165) is 12.8 Å². The Labute approximate surface area is 141 Å². The molecule has 6 heteroatoms. The van der Waals surface area contributed by atoms with Gasteiger partial charge in [0.1, 0.15) is 5.60 Å². The number of rotatable bonds is 4. The van der Waals surface area contributed by atoms with Crippen molar-refractivity contribution in [3.63, 3.8) is 0 Å². The van der Waals surface area contributed by atoms with E-state index in [9.17, 15) is 14.7 Å². The molecule has 0 aromatic heterocycles. The van der Waals surface area contributed by atoms with E-state index < -0.39 is 23.2 Å². The van der Waals surface area contributed by atoms with Crippen molar-refractivity contribution in [3.05, 3.63) is 34.9 Å². The Bertz CT molecular complexity index is 604. The van der Waals surface area contributed by atoms with Crippen molar-refractivity contribution < 1.29 is 19.4 Å². The lowest BCUT2D eigenvalue weighted by Crippen LogP contribution is -2.55. The number of nitrogens with zero attached hydrogens (tertiary/aromatic N) is 1. The van der Waals surface area contributed by atoms with Crippen LogP contribution in [0.5, 0.6) is 0 Å². The fourth-order valence-electron chi connectivity index (χ4n) is 2.48. The zero-order chi connectivity index (χ0) is 17.4. The minimum absolute atomic E-state index is 0.123. The quantitative estimate of drug-likeness (QED) is 0.899. The summed E-state index contributed by atoms with van der Waals surface area (Å²) in [5.74, 6) is -1.10. The number of ether oxygens (including phenoxy) is 1. The molecule has 0 bridgehead atoms. The lowest BCUT2D eigenvalue weighted by molar-refractivity contribution is -0.151. The summed E-state index contributed by atoms with van der Waals surface area (Å²) < 4.78 is 5.44. The van der Waals surface area contributed by atoms with Gasteiger partial charge >= 0.3 is 12.1 Å². The number of hydrogen-bond acceptors (Lipinski definition) is 3. The molecular weight excluding hydrogens is 318 g/mol. The largest absolute Gasteiger partial charge is 0.479 e. The summed E-state index contributed by atoms with van der Waals surface area (Å²) in [5.41, 5.74) is -1.70. The van der Waals surface area contributed by atoms with E-state index >= 15 is 0 Å². The SMILES string of the molecule is CC(C)(C)OC(=O)N(C1CC1)[C@](C)(C(=O)O)c1ccc(Cl)cc1. The van der Waals surface area contributed by atoms with E-state index in [1.54, 1.807) is 45.0 Å². The highest BCUT2D eigenvalue weighted by molar-refractivity contribution is 6.30. The van der Waals surface area contributed by atoms with Gasteiger partial charge in [0.05, 0.1) is 0 Å². The average Bonchev–Trinajstić information content (AvgIpc) is 3.21. The number of aliphatic carboxylic acids is 1. The maximum Gasteiger partial charge on any atom is 0.411 e. The van der Waals surface area contributed by atoms with Crippen LogP contribution in [0.1, 0.15) is 46.1 Å². The Balaban J connectivity index is 2.45. The molecule has 1 saturated carbocycles. The zero-order valence-corrected chi connectivity index (χ0v) is 14.6. The van der Waals surface area contributed by atoms with E-state index in [1.165, 1.54) is 11.8 Å². The second kappa shape index (κ2) is 6.04. The number of benzene rings is 1. The van der Waals surface area contributed by atoms with Crippen molar-refractivity contribution in [1.29, 1.82) is 0 Å². The first-order chi connectivity index (χ1) is 10.6. The first kappa shape index (κ1) is 17.6. The van der Waals surface area contributed by atoms with E-state index in [0.29, 0.717) is 10.6 Å². The summed E-state index contributed by atoms with van der Waals surface area (Å²) >= 11 is 5.89. The Morgan fingerprint density at radius 2 is 1.70 bits per heavy atom. The monoisotopic (exact) mass is 339 g/mol. The third-order valence-corrected chi connectivity index (χ3v) is 4.06. The average molecular weight is 340 g/mol. The van der Waals surface area contributed by atoms with Crippen molar-refractivity contribution in [3.8, 4) is 0 Å². The first-order valence-corrected chi connectivity index (χ1v) is 7.95. The number of carboxylic acids is 1. The van der Waals surface area contributed by atoms with Crippen LogP contribution in [0, 0.1) is 0 Å². The standard InChI is InChI=1S/C17H22ClNO4/c1-16(2,3)23-15(22)19(13-9-10-13)17(4,14(20)21)11-5-7-12(18)8-6-11/h5-8,13H,9-10H2,1-4H3,(H,20,21)/t17-/m0/s1. The van der Waals surface area contributed by atoms with Crippen LogP contribution in [-0.4, -0.2) is 33.7 Å². The highest BCUT2D eigenvalue weighted by atomic mass is 35.5. The summed E-state index contributed by atoms with van der Waals surface area (Å²) in [6.07, 6.45) is 0.936. The molecule has 5 nitrogen and oxygen atoms in total. The molecular formula is C17H22ClNO4. The molecule has 1 fully saturated rings. The van der Waals surface area contributed by atoms with Gasteiger partial charge in [-0.3, -0.25) is 4.90 Å². The molecule has 0 spiro atoms. The van der Waals surface area contributed by atoms with Gasteiger partial charge in [-0.25, -0.2) is 9.59 Å². The lowest BCUT2D eigenvalue weighted by atomic mass is 9.90. The third kappa shape index (κ3) is 3.78. The molecule has 23 heavy (non-hydrogen) atoms. The molecule has 1 atom stereocenters. The third-order valence-electron chi connectivity index (χ3n) is 3.81. The Hall–Kier alpha value is -1.75. The molecule has 0 aliphatic heterocycles. The summed E-state index contributed by atoms with van der Waals surface area (Å²) in [6, 6.07) is 6.39. The van der Waals surface area contributed by atoms with Gasteiger partial charge in [-0.15, -0.1) is 0 Å². The molecule has 0 saturated heterocycles. The predicted octanol–water partition coefficient (Wildman–Crippen LogP) is 4.04. The summed E-state index contributed by atoms with van der Waals surface area (Å²) in [6.45, 7) is 6.81.